The second-order valence-electron chi connectivity index (χ2n) is 4.18. The van der Waals surface area contributed by atoms with Gasteiger partial charge in [-0.2, -0.15) is 0 Å². The summed E-state index contributed by atoms with van der Waals surface area (Å²) in [5.41, 5.74) is 8.51. The summed E-state index contributed by atoms with van der Waals surface area (Å²) in [5.74, 6) is 0. The van der Waals surface area contributed by atoms with E-state index in [0.29, 0.717) is 0 Å². The molecule has 17 heavy (non-hydrogen) atoms. The van der Waals surface area contributed by atoms with E-state index in [1.165, 1.54) is 16.5 Å². The van der Waals surface area contributed by atoms with E-state index in [9.17, 15) is 0 Å². The van der Waals surface area contributed by atoms with Gasteiger partial charge in [-0.25, -0.2) is 0 Å². The Kier molecular flexibility index (Phi) is 5.00. The molecule has 1 atom stereocenters. The highest BCUT2D eigenvalue weighted by Crippen LogP contribution is 2.26. The van der Waals surface area contributed by atoms with Crippen molar-refractivity contribution in [3.05, 3.63) is 36.0 Å². The molecule has 0 saturated carbocycles. The maximum Gasteiger partial charge on any atom is 0.0481 e. The first-order chi connectivity index (χ1) is 7.74. The highest BCUT2D eigenvalue weighted by atomic mass is 35.5. The highest BCUT2D eigenvalue weighted by molar-refractivity contribution is 5.85. The number of hydrogen-bond donors (Lipinski definition) is 2. The van der Waals surface area contributed by atoms with Gasteiger partial charge in [0.1, 0.15) is 0 Å². The minimum Gasteiger partial charge on any atom is -0.396 e. The van der Waals surface area contributed by atoms with Crippen molar-refractivity contribution in [3.8, 4) is 0 Å². The molecule has 94 valence electrons. The average molecular weight is 255 g/mol. The third-order valence-corrected chi connectivity index (χ3v) is 3.00. The Labute approximate surface area is 108 Å². The molecular weight excluding hydrogens is 236 g/mol. The summed E-state index contributed by atoms with van der Waals surface area (Å²) in [5, 5.41) is 10.0. The predicted molar refractivity (Wildman–Crippen MR) is 73.4 cm³/mol. The first-order valence-electron chi connectivity index (χ1n) is 5.64. The fraction of sp³-hybridized carbons (Fsp3) is 0.385. The van der Waals surface area contributed by atoms with Crippen molar-refractivity contribution in [1.29, 1.82) is 0 Å². The number of aryl methyl sites for hydroxylation is 1. The number of nitrogens with two attached hydrogens (primary N) is 1. The number of nitrogens with zero attached hydrogens (tertiary/aromatic N) is 1. The number of fused-ring (bicyclic) bond motifs is 1. The monoisotopic (exact) mass is 254 g/mol. The van der Waals surface area contributed by atoms with E-state index in [0.717, 1.165) is 12.8 Å². The molecule has 2 aromatic rings. The van der Waals surface area contributed by atoms with Gasteiger partial charge in [-0.05, 0) is 24.5 Å². The molecule has 0 amide bonds. The first-order valence-corrected chi connectivity index (χ1v) is 5.64. The van der Waals surface area contributed by atoms with Crippen molar-refractivity contribution < 1.29 is 5.11 Å². The summed E-state index contributed by atoms with van der Waals surface area (Å²) < 4.78 is 2.10. The van der Waals surface area contributed by atoms with Crippen molar-refractivity contribution in [1.82, 2.24) is 4.57 Å². The van der Waals surface area contributed by atoms with Crippen LogP contribution in [-0.4, -0.2) is 16.3 Å². The second kappa shape index (κ2) is 6.05. The lowest BCUT2D eigenvalue weighted by Gasteiger charge is -2.09. The van der Waals surface area contributed by atoms with Gasteiger partial charge in [-0.3, -0.25) is 0 Å². The molecule has 3 nitrogen and oxygen atoms in total. The van der Waals surface area contributed by atoms with E-state index in [2.05, 4.69) is 22.9 Å². The number of aliphatic hydroxyl groups excluding tert-OH is 1. The molecular formula is C13H19ClN2O. The maximum absolute atomic E-state index is 8.82. The van der Waals surface area contributed by atoms with Crippen LogP contribution >= 0.6 is 12.4 Å². The molecule has 0 radical (unpaired) electrons. The molecule has 1 aromatic heterocycles. The van der Waals surface area contributed by atoms with Gasteiger partial charge in [0, 0.05) is 36.8 Å². The van der Waals surface area contributed by atoms with Gasteiger partial charge in [0.15, 0.2) is 0 Å². The molecule has 0 aliphatic carbocycles. The number of halogens is 1. The number of rotatable bonds is 4. The fourth-order valence-electron chi connectivity index (χ4n) is 2.14. The number of benzene rings is 1. The molecule has 0 saturated heterocycles. The molecule has 0 aliphatic rings. The van der Waals surface area contributed by atoms with Gasteiger partial charge in [0.05, 0.1) is 0 Å². The number of aliphatic hydroxyl groups is 1. The van der Waals surface area contributed by atoms with E-state index in [4.69, 9.17) is 10.8 Å². The van der Waals surface area contributed by atoms with Gasteiger partial charge in [0.2, 0.25) is 0 Å². The van der Waals surface area contributed by atoms with Crippen molar-refractivity contribution >= 4 is 23.3 Å². The fourth-order valence-corrected chi connectivity index (χ4v) is 2.14. The molecule has 3 N–H and O–H groups in total. The van der Waals surface area contributed by atoms with Crippen LogP contribution in [0.15, 0.2) is 30.5 Å². The molecule has 1 heterocycles. The molecule has 0 bridgehead atoms. The van der Waals surface area contributed by atoms with Crippen LogP contribution in [0, 0.1) is 0 Å². The third-order valence-electron chi connectivity index (χ3n) is 3.00. The molecule has 0 spiro atoms. The van der Waals surface area contributed by atoms with Crippen LogP contribution in [-0.2, 0) is 7.05 Å². The highest BCUT2D eigenvalue weighted by Gasteiger charge is 2.12. The Balaban J connectivity index is 0.00000144. The minimum atomic E-state index is 0. The van der Waals surface area contributed by atoms with Crippen LogP contribution in [0.1, 0.15) is 24.4 Å². The Bertz CT molecular complexity index is 481. The van der Waals surface area contributed by atoms with Crippen LogP contribution in [0.5, 0.6) is 0 Å². The molecule has 2 rings (SSSR count). The van der Waals surface area contributed by atoms with Crippen molar-refractivity contribution in [2.45, 2.75) is 18.9 Å². The Morgan fingerprint density at radius 1 is 1.35 bits per heavy atom. The minimum absolute atomic E-state index is 0. The Hall–Kier alpha value is -1.03. The van der Waals surface area contributed by atoms with Crippen LogP contribution in [0.4, 0.5) is 0 Å². The largest absolute Gasteiger partial charge is 0.396 e. The normalized spacial score (nSPS) is 12.4. The summed E-state index contributed by atoms with van der Waals surface area (Å²) in [6.07, 6.45) is 3.67. The van der Waals surface area contributed by atoms with E-state index >= 15 is 0 Å². The zero-order valence-electron chi connectivity index (χ0n) is 9.97. The Morgan fingerprint density at radius 2 is 2.06 bits per heavy atom. The standard InChI is InChI=1S/C13H18N2O.ClH/c1-15-9-11(12(14)6-4-8-16)10-5-2-3-7-13(10)15;/h2-3,5,7,9,12,16H,4,6,8,14H2,1H3;1H/t12-;/m1./s1. The number of para-hydroxylation sites is 1. The molecule has 4 heteroatoms. The summed E-state index contributed by atoms with van der Waals surface area (Å²) in [6, 6.07) is 8.27. The molecule has 0 unspecified atom stereocenters. The summed E-state index contributed by atoms with van der Waals surface area (Å²) in [6.45, 7) is 0.207. The SMILES string of the molecule is Cl.Cn1cc([C@H](N)CCCO)c2ccccc21. The quantitative estimate of drug-likeness (QED) is 0.880. The van der Waals surface area contributed by atoms with Crippen LogP contribution in [0.2, 0.25) is 0 Å². The lowest BCUT2D eigenvalue weighted by molar-refractivity contribution is 0.280. The second-order valence-corrected chi connectivity index (χ2v) is 4.18. The van der Waals surface area contributed by atoms with Crippen LogP contribution in [0.25, 0.3) is 10.9 Å². The van der Waals surface area contributed by atoms with E-state index in [-0.39, 0.29) is 25.1 Å². The summed E-state index contributed by atoms with van der Waals surface area (Å²) in [7, 11) is 2.03. The summed E-state index contributed by atoms with van der Waals surface area (Å²) >= 11 is 0. The smallest absolute Gasteiger partial charge is 0.0481 e. The van der Waals surface area contributed by atoms with Gasteiger partial charge in [0.25, 0.3) is 0 Å². The predicted octanol–water partition coefficient (Wildman–Crippen LogP) is 2.37. The van der Waals surface area contributed by atoms with E-state index in [1.54, 1.807) is 0 Å². The number of hydrogen-bond acceptors (Lipinski definition) is 2. The van der Waals surface area contributed by atoms with Gasteiger partial charge < -0.3 is 15.4 Å². The van der Waals surface area contributed by atoms with Crippen molar-refractivity contribution in [2.75, 3.05) is 6.61 Å². The average Bonchev–Trinajstić information content (AvgIpc) is 2.65. The number of aromatic nitrogens is 1. The zero-order valence-corrected chi connectivity index (χ0v) is 10.8. The van der Waals surface area contributed by atoms with Gasteiger partial charge in [-0.1, -0.05) is 18.2 Å². The molecule has 1 aromatic carbocycles. The van der Waals surface area contributed by atoms with Crippen molar-refractivity contribution in [2.24, 2.45) is 12.8 Å². The van der Waals surface area contributed by atoms with Gasteiger partial charge >= 0.3 is 0 Å². The van der Waals surface area contributed by atoms with Crippen LogP contribution in [0.3, 0.4) is 0 Å². The van der Waals surface area contributed by atoms with E-state index < -0.39 is 0 Å². The topological polar surface area (TPSA) is 51.2 Å². The first kappa shape index (κ1) is 14.0. The maximum atomic E-state index is 8.82. The summed E-state index contributed by atoms with van der Waals surface area (Å²) in [4.78, 5) is 0. The Morgan fingerprint density at radius 3 is 2.76 bits per heavy atom. The molecule has 0 aliphatic heterocycles. The third kappa shape index (κ3) is 2.80. The molecule has 0 fully saturated rings. The van der Waals surface area contributed by atoms with E-state index in [1.807, 2.05) is 19.2 Å². The lowest BCUT2D eigenvalue weighted by atomic mass is 10.0. The zero-order chi connectivity index (χ0) is 11.5. The van der Waals surface area contributed by atoms with Crippen molar-refractivity contribution in [3.63, 3.8) is 0 Å². The lowest BCUT2D eigenvalue weighted by Crippen LogP contribution is -2.10. The van der Waals surface area contributed by atoms with Crippen LogP contribution < -0.4 is 5.73 Å². The van der Waals surface area contributed by atoms with Gasteiger partial charge in [-0.15, -0.1) is 12.4 Å².